The highest BCUT2D eigenvalue weighted by atomic mass is 35.5. The van der Waals surface area contributed by atoms with E-state index in [0.29, 0.717) is 28.2 Å². The summed E-state index contributed by atoms with van der Waals surface area (Å²) >= 11 is 6.12. The third-order valence-corrected chi connectivity index (χ3v) is 4.10. The first-order valence-corrected chi connectivity index (χ1v) is 8.89. The minimum atomic E-state index is -0.176. The molecule has 0 fully saturated rings. The molecule has 0 aliphatic heterocycles. The van der Waals surface area contributed by atoms with E-state index in [1.165, 1.54) is 0 Å². The average Bonchev–Trinajstić information content (AvgIpc) is 2.68. The number of rotatable bonds is 7. The van der Waals surface area contributed by atoms with Crippen molar-refractivity contribution in [2.45, 2.75) is 13.0 Å². The van der Waals surface area contributed by atoms with Crippen molar-refractivity contribution in [1.82, 2.24) is 9.97 Å². The number of nitrogens with zero attached hydrogens (tertiary/aromatic N) is 2. The van der Waals surface area contributed by atoms with Crippen LogP contribution in [0.25, 0.3) is 11.3 Å². The lowest BCUT2D eigenvalue weighted by Gasteiger charge is -2.15. The number of halogens is 1. The maximum Gasteiger partial charge on any atom is 0.225 e. The Morgan fingerprint density at radius 3 is 2.59 bits per heavy atom. The number of anilines is 3. The first kappa shape index (κ1) is 18.9. The smallest absolute Gasteiger partial charge is 0.225 e. The Morgan fingerprint density at radius 2 is 1.89 bits per heavy atom. The number of aliphatic hydroxyl groups is 1. The molecule has 3 N–H and O–H groups in total. The van der Waals surface area contributed by atoms with Crippen molar-refractivity contribution in [3.63, 3.8) is 0 Å². The summed E-state index contributed by atoms with van der Waals surface area (Å²) in [5.74, 6) is 1.65. The van der Waals surface area contributed by atoms with Crippen LogP contribution in [0.2, 0.25) is 5.02 Å². The van der Waals surface area contributed by atoms with Crippen molar-refractivity contribution in [1.29, 1.82) is 0 Å². The standard InChI is InChI=1S/C20H21ClN4O2/c1-13(12-26)22-20-24-16(14-6-4-3-5-7-14)11-19(25-20)23-17-10-15(21)8-9-18(17)27-2/h3-11,13,26H,12H2,1-2H3,(H2,22,23,24,25)/t13-/m0/s1. The van der Waals surface area contributed by atoms with Crippen LogP contribution in [0, 0.1) is 0 Å². The summed E-state index contributed by atoms with van der Waals surface area (Å²) < 4.78 is 5.39. The summed E-state index contributed by atoms with van der Waals surface area (Å²) in [7, 11) is 1.60. The Bertz CT molecular complexity index is 906. The molecule has 1 heterocycles. The molecule has 0 saturated carbocycles. The zero-order valence-electron chi connectivity index (χ0n) is 15.1. The van der Waals surface area contributed by atoms with Crippen molar-refractivity contribution in [3.05, 3.63) is 59.6 Å². The van der Waals surface area contributed by atoms with Gasteiger partial charge in [0.25, 0.3) is 0 Å². The van der Waals surface area contributed by atoms with Crippen molar-refractivity contribution < 1.29 is 9.84 Å². The Kier molecular flexibility index (Phi) is 6.11. The van der Waals surface area contributed by atoms with Crippen LogP contribution in [0.15, 0.2) is 54.6 Å². The highest BCUT2D eigenvalue weighted by Crippen LogP contribution is 2.31. The molecule has 0 unspecified atom stereocenters. The molecule has 3 rings (SSSR count). The Labute approximate surface area is 163 Å². The van der Waals surface area contributed by atoms with Gasteiger partial charge in [-0.25, -0.2) is 4.98 Å². The van der Waals surface area contributed by atoms with Gasteiger partial charge in [-0.15, -0.1) is 0 Å². The van der Waals surface area contributed by atoms with Gasteiger partial charge in [-0.1, -0.05) is 41.9 Å². The molecule has 0 aliphatic carbocycles. The van der Waals surface area contributed by atoms with E-state index in [1.54, 1.807) is 25.3 Å². The Balaban J connectivity index is 2.01. The van der Waals surface area contributed by atoms with Crippen LogP contribution in [0.3, 0.4) is 0 Å². The van der Waals surface area contributed by atoms with Crippen molar-refractivity contribution >= 4 is 29.1 Å². The van der Waals surface area contributed by atoms with E-state index in [9.17, 15) is 5.11 Å². The van der Waals surface area contributed by atoms with Crippen LogP contribution in [-0.2, 0) is 0 Å². The van der Waals surface area contributed by atoms with E-state index in [2.05, 4.69) is 20.6 Å². The van der Waals surface area contributed by atoms with Crippen molar-refractivity contribution in [2.24, 2.45) is 0 Å². The zero-order chi connectivity index (χ0) is 19.2. The number of nitrogens with one attached hydrogen (secondary N) is 2. The molecule has 0 saturated heterocycles. The highest BCUT2D eigenvalue weighted by molar-refractivity contribution is 6.31. The molecule has 140 valence electrons. The lowest BCUT2D eigenvalue weighted by atomic mass is 10.1. The van der Waals surface area contributed by atoms with Gasteiger partial charge in [0.1, 0.15) is 11.6 Å². The maximum absolute atomic E-state index is 9.32. The second-order valence-corrected chi connectivity index (χ2v) is 6.46. The number of aromatic nitrogens is 2. The minimum absolute atomic E-state index is 0.0240. The monoisotopic (exact) mass is 384 g/mol. The van der Waals surface area contributed by atoms with E-state index in [-0.39, 0.29) is 12.6 Å². The van der Waals surface area contributed by atoms with Crippen LogP contribution >= 0.6 is 11.6 Å². The molecular weight excluding hydrogens is 364 g/mol. The third kappa shape index (κ3) is 4.87. The largest absolute Gasteiger partial charge is 0.495 e. The molecule has 0 amide bonds. The number of aliphatic hydroxyl groups excluding tert-OH is 1. The van der Waals surface area contributed by atoms with Crippen LogP contribution in [0.5, 0.6) is 5.75 Å². The second-order valence-electron chi connectivity index (χ2n) is 6.03. The third-order valence-electron chi connectivity index (χ3n) is 3.87. The molecule has 1 aromatic heterocycles. The van der Waals surface area contributed by atoms with Gasteiger partial charge < -0.3 is 20.5 Å². The fraction of sp³-hybridized carbons (Fsp3) is 0.200. The predicted molar refractivity (Wildman–Crippen MR) is 109 cm³/mol. The molecule has 0 aliphatic rings. The highest BCUT2D eigenvalue weighted by Gasteiger charge is 2.11. The van der Waals surface area contributed by atoms with Crippen molar-refractivity contribution in [2.75, 3.05) is 24.4 Å². The lowest BCUT2D eigenvalue weighted by Crippen LogP contribution is -2.21. The summed E-state index contributed by atoms with van der Waals surface area (Å²) in [6, 6.07) is 16.8. The molecule has 27 heavy (non-hydrogen) atoms. The number of ether oxygens (including phenoxy) is 1. The summed E-state index contributed by atoms with van der Waals surface area (Å²) in [6.45, 7) is 1.83. The molecule has 0 bridgehead atoms. The fourth-order valence-corrected chi connectivity index (χ4v) is 2.69. The maximum atomic E-state index is 9.32. The molecule has 0 spiro atoms. The van der Waals surface area contributed by atoms with Gasteiger partial charge in [-0.05, 0) is 25.1 Å². The fourth-order valence-electron chi connectivity index (χ4n) is 2.51. The summed E-state index contributed by atoms with van der Waals surface area (Å²) in [5.41, 5.74) is 2.41. The predicted octanol–water partition coefficient (Wildman–Crippen LogP) is 4.34. The molecule has 0 radical (unpaired) electrons. The van der Waals surface area contributed by atoms with E-state index in [4.69, 9.17) is 16.3 Å². The van der Waals surface area contributed by atoms with E-state index in [0.717, 1.165) is 11.3 Å². The van der Waals surface area contributed by atoms with Gasteiger partial charge in [0, 0.05) is 22.7 Å². The number of methoxy groups -OCH3 is 1. The van der Waals surface area contributed by atoms with Crippen LogP contribution in [-0.4, -0.2) is 34.8 Å². The number of benzene rings is 2. The molecule has 2 aromatic carbocycles. The lowest BCUT2D eigenvalue weighted by molar-refractivity contribution is 0.281. The average molecular weight is 385 g/mol. The SMILES string of the molecule is COc1ccc(Cl)cc1Nc1cc(-c2ccccc2)nc(N[C@@H](C)CO)n1. The molecular formula is C20H21ClN4O2. The van der Waals surface area contributed by atoms with Gasteiger partial charge in [-0.2, -0.15) is 4.98 Å². The first-order valence-electron chi connectivity index (χ1n) is 8.51. The minimum Gasteiger partial charge on any atom is -0.495 e. The van der Waals surface area contributed by atoms with Gasteiger partial charge in [-0.3, -0.25) is 0 Å². The van der Waals surface area contributed by atoms with E-state index >= 15 is 0 Å². The summed E-state index contributed by atoms with van der Waals surface area (Å²) in [5, 5.41) is 16.2. The van der Waals surface area contributed by atoms with Gasteiger partial charge in [0.05, 0.1) is 25.1 Å². The normalized spacial score (nSPS) is 11.7. The van der Waals surface area contributed by atoms with Gasteiger partial charge >= 0.3 is 0 Å². The first-order chi connectivity index (χ1) is 13.1. The van der Waals surface area contributed by atoms with E-state index < -0.39 is 0 Å². The second kappa shape index (κ2) is 8.70. The van der Waals surface area contributed by atoms with Gasteiger partial charge in [0.2, 0.25) is 5.95 Å². The molecule has 6 nitrogen and oxygen atoms in total. The molecule has 1 atom stereocenters. The number of hydrogen-bond donors (Lipinski definition) is 3. The topological polar surface area (TPSA) is 79.3 Å². The Morgan fingerprint density at radius 1 is 1.11 bits per heavy atom. The summed E-state index contributed by atoms with van der Waals surface area (Å²) in [6.07, 6.45) is 0. The van der Waals surface area contributed by atoms with Crippen LogP contribution in [0.4, 0.5) is 17.5 Å². The quantitative estimate of drug-likeness (QED) is 0.562. The van der Waals surface area contributed by atoms with Crippen molar-refractivity contribution in [3.8, 4) is 17.0 Å². The van der Waals surface area contributed by atoms with E-state index in [1.807, 2.05) is 43.3 Å². The molecule has 3 aromatic rings. The Hall–Kier alpha value is -2.83. The number of hydrogen-bond acceptors (Lipinski definition) is 6. The summed E-state index contributed by atoms with van der Waals surface area (Å²) in [4.78, 5) is 9.07. The zero-order valence-corrected chi connectivity index (χ0v) is 15.9. The van der Waals surface area contributed by atoms with Gasteiger partial charge in [0.15, 0.2) is 0 Å². The molecule has 7 heteroatoms. The van der Waals surface area contributed by atoms with Crippen LogP contribution < -0.4 is 15.4 Å². The van der Waals surface area contributed by atoms with Crippen LogP contribution in [0.1, 0.15) is 6.92 Å².